The van der Waals surface area contributed by atoms with Gasteiger partial charge >= 0.3 is 0 Å². The number of hydrogen-bond acceptors (Lipinski definition) is 5. The largest absolute Gasteiger partial charge is 0.368 e. The molecule has 0 unspecified atom stereocenters. The van der Waals surface area contributed by atoms with Crippen molar-refractivity contribution in [2.75, 3.05) is 37.6 Å². The number of fused-ring (bicyclic) bond motifs is 2. The van der Waals surface area contributed by atoms with Crippen molar-refractivity contribution < 1.29 is 4.39 Å². The summed E-state index contributed by atoms with van der Waals surface area (Å²) in [6.07, 6.45) is 3.84. The average molecular weight is 427 g/mol. The molecule has 0 aliphatic carbocycles. The third-order valence-corrected chi connectivity index (χ3v) is 7.35. The number of aryl methyl sites for hydroxylation is 2. The van der Waals surface area contributed by atoms with Crippen molar-refractivity contribution in [3.8, 4) is 0 Å². The molecule has 5 rings (SSSR count). The highest BCUT2D eigenvalue weighted by molar-refractivity contribution is 7.17. The van der Waals surface area contributed by atoms with Gasteiger partial charge in [-0.1, -0.05) is 0 Å². The van der Waals surface area contributed by atoms with E-state index in [1.54, 1.807) is 23.5 Å². The molecular formula is C23H27FN4OS. The van der Waals surface area contributed by atoms with Crippen molar-refractivity contribution in [2.45, 2.75) is 39.2 Å². The monoisotopic (exact) mass is 426 g/mol. The van der Waals surface area contributed by atoms with Gasteiger partial charge in [0.2, 0.25) is 0 Å². The number of rotatable bonds is 4. The second kappa shape index (κ2) is 8.12. The lowest BCUT2D eigenvalue weighted by Gasteiger charge is -2.36. The molecule has 0 spiro atoms. The molecule has 0 N–H and O–H groups in total. The first kappa shape index (κ1) is 19.7. The lowest BCUT2D eigenvalue weighted by Crippen LogP contribution is -2.47. The standard InChI is InChI=1S/C23H27FN4OS/c1-16-18(23(29)28-7-3-2-4-22(28)25-16)5-8-26-9-11-27(12-10-26)20-14-17(24)15-21-19(20)6-13-30-21/h6,13-15H,2-5,7-12H2,1H3. The van der Waals surface area contributed by atoms with Crippen LogP contribution >= 0.6 is 11.3 Å². The summed E-state index contributed by atoms with van der Waals surface area (Å²) in [5.41, 5.74) is 2.92. The zero-order valence-electron chi connectivity index (χ0n) is 17.4. The van der Waals surface area contributed by atoms with Crippen molar-refractivity contribution in [1.29, 1.82) is 0 Å². The Morgan fingerprint density at radius 2 is 1.97 bits per heavy atom. The number of hydrogen-bond donors (Lipinski definition) is 0. The Hall–Kier alpha value is -2.25. The second-order valence-corrected chi connectivity index (χ2v) is 9.29. The zero-order valence-corrected chi connectivity index (χ0v) is 18.2. The van der Waals surface area contributed by atoms with E-state index in [9.17, 15) is 9.18 Å². The van der Waals surface area contributed by atoms with Gasteiger partial charge in [-0.15, -0.1) is 11.3 Å². The van der Waals surface area contributed by atoms with Gasteiger partial charge in [0.15, 0.2) is 0 Å². The molecule has 1 aromatic carbocycles. The first-order valence-electron chi connectivity index (χ1n) is 10.8. The highest BCUT2D eigenvalue weighted by Gasteiger charge is 2.21. The van der Waals surface area contributed by atoms with Crippen LogP contribution in [0.4, 0.5) is 10.1 Å². The molecule has 0 amide bonds. The first-order chi connectivity index (χ1) is 14.6. The van der Waals surface area contributed by atoms with Gasteiger partial charge in [-0.05, 0) is 49.8 Å². The fraction of sp³-hybridized carbons (Fsp3) is 0.478. The average Bonchev–Trinajstić information content (AvgIpc) is 3.22. The molecule has 1 fully saturated rings. The predicted octanol–water partition coefficient (Wildman–Crippen LogP) is 3.61. The Morgan fingerprint density at radius 1 is 1.13 bits per heavy atom. The zero-order chi connectivity index (χ0) is 20.7. The van der Waals surface area contributed by atoms with Crippen molar-refractivity contribution >= 4 is 27.1 Å². The van der Waals surface area contributed by atoms with Gasteiger partial charge in [0.25, 0.3) is 5.56 Å². The smallest absolute Gasteiger partial charge is 0.256 e. The van der Waals surface area contributed by atoms with Crippen LogP contribution in [0.3, 0.4) is 0 Å². The third kappa shape index (κ3) is 3.65. The molecule has 0 atom stereocenters. The molecule has 1 saturated heterocycles. The summed E-state index contributed by atoms with van der Waals surface area (Å²) >= 11 is 1.58. The molecule has 0 saturated carbocycles. The molecule has 5 nitrogen and oxygen atoms in total. The summed E-state index contributed by atoms with van der Waals surface area (Å²) in [5, 5.41) is 3.16. The van der Waals surface area contributed by atoms with Crippen LogP contribution in [0.1, 0.15) is 29.9 Å². The Balaban J connectivity index is 1.25. The fourth-order valence-corrected chi connectivity index (χ4v) is 5.61. The van der Waals surface area contributed by atoms with Crippen molar-refractivity contribution in [2.24, 2.45) is 0 Å². The summed E-state index contributed by atoms with van der Waals surface area (Å²) in [4.78, 5) is 22.4. The molecule has 0 bridgehead atoms. The normalized spacial score (nSPS) is 17.5. The van der Waals surface area contributed by atoms with E-state index in [4.69, 9.17) is 4.98 Å². The maximum atomic E-state index is 14.0. The third-order valence-electron chi connectivity index (χ3n) is 6.49. The number of halogens is 1. The maximum absolute atomic E-state index is 14.0. The van der Waals surface area contributed by atoms with E-state index in [-0.39, 0.29) is 11.4 Å². The predicted molar refractivity (Wildman–Crippen MR) is 120 cm³/mol. The Labute approximate surface area is 179 Å². The summed E-state index contributed by atoms with van der Waals surface area (Å²) in [5.74, 6) is 0.786. The van der Waals surface area contributed by atoms with E-state index in [0.29, 0.717) is 0 Å². The van der Waals surface area contributed by atoms with Crippen molar-refractivity contribution in [3.05, 3.63) is 56.8 Å². The fourth-order valence-electron chi connectivity index (χ4n) is 4.78. The molecule has 158 valence electrons. The maximum Gasteiger partial charge on any atom is 0.256 e. The van der Waals surface area contributed by atoms with Gasteiger partial charge < -0.3 is 4.90 Å². The Kier molecular flexibility index (Phi) is 5.33. The summed E-state index contributed by atoms with van der Waals surface area (Å²) in [7, 11) is 0. The minimum atomic E-state index is -0.168. The Bertz CT molecular complexity index is 1130. The molecule has 7 heteroatoms. The molecule has 30 heavy (non-hydrogen) atoms. The molecule has 3 aromatic rings. The van der Waals surface area contributed by atoms with Gasteiger partial charge in [-0.2, -0.15) is 0 Å². The van der Waals surface area contributed by atoms with Crippen LogP contribution in [0, 0.1) is 12.7 Å². The van der Waals surface area contributed by atoms with Gasteiger partial charge in [0, 0.05) is 72.7 Å². The number of benzene rings is 1. The van der Waals surface area contributed by atoms with Crippen LogP contribution in [-0.2, 0) is 19.4 Å². The van der Waals surface area contributed by atoms with Gasteiger partial charge in [0.05, 0.1) is 0 Å². The molecule has 2 aliphatic heterocycles. The highest BCUT2D eigenvalue weighted by atomic mass is 32.1. The molecule has 4 heterocycles. The van der Waals surface area contributed by atoms with Crippen molar-refractivity contribution in [3.63, 3.8) is 0 Å². The topological polar surface area (TPSA) is 41.4 Å². The van der Waals surface area contributed by atoms with Crippen LogP contribution < -0.4 is 10.5 Å². The first-order valence-corrected chi connectivity index (χ1v) is 11.7. The molecule has 2 aromatic heterocycles. The van der Waals surface area contributed by atoms with Crippen LogP contribution in [0.25, 0.3) is 10.1 Å². The van der Waals surface area contributed by atoms with E-state index < -0.39 is 0 Å². The Morgan fingerprint density at radius 3 is 2.80 bits per heavy atom. The van der Waals surface area contributed by atoms with E-state index in [1.807, 2.05) is 16.9 Å². The van der Waals surface area contributed by atoms with Crippen LogP contribution in [0.15, 0.2) is 28.4 Å². The quantitative estimate of drug-likeness (QED) is 0.639. The number of anilines is 1. The van der Waals surface area contributed by atoms with Crippen LogP contribution in [-0.4, -0.2) is 47.2 Å². The van der Waals surface area contributed by atoms with E-state index in [0.717, 1.165) is 97.8 Å². The summed E-state index contributed by atoms with van der Waals surface area (Å²) in [6.45, 7) is 7.21. The number of nitrogens with zero attached hydrogens (tertiary/aromatic N) is 4. The summed E-state index contributed by atoms with van der Waals surface area (Å²) in [6, 6.07) is 5.36. The highest BCUT2D eigenvalue weighted by Crippen LogP contribution is 2.32. The van der Waals surface area contributed by atoms with Gasteiger partial charge in [-0.25, -0.2) is 9.37 Å². The van der Waals surface area contributed by atoms with Gasteiger partial charge in [-0.3, -0.25) is 14.3 Å². The summed E-state index contributed by atoms with van der Waals surface area (Å²) < 4.78 is 16.9. The molecule has 2 aliphatic rings. The second-order valence-electron chi connectivity index (χ2n) is 8.34. The number of piperazine rings is 1. The van der Waals surface area contributed by atoms with Crippen LogP contribution in [0.2, 0.25) is 0 Å². The van der Waals surface area contributed by atoms with Crippen LogP contribution in [0.5, 0.6) is 0 Å². The number of aromatic nitrogens is 2. The lowest BCUT2D eigenvalue weighted by atomic mass is 10.1. The van der Waals surface area contributed by atoms with E-state index in [2.05, 4.69) is 15.9 Å². The van der Waals surface area contributed by atoms with E-state index in [1.165, 1.54) is 0 Å². The minimum absolute atomic E-state index is 0.162. The molecule has 0 radical (unpaired) electrons. The number of thiophene rings is 1. The molecular weight excluding hydrogens is 399 g/mol. The lowest BCUT2D eigenvalue weighted by molar-refractivity contribution is 0.260. The van der Waals surface area contributed by atoms with Crippen molar-refractivity contribution in [1.82, 2.24) is 14.5 Å². The minimum Gasteiger partial charge on any atom is -0.368 e. The van der Waals surface area contributed by atoms with E-state index >= 15 is 0 Å². The SMILES string of the molecule is Cc1nc2n(c(=O)c1CCN1CCN(c3cc(F)cc4sccc34)CC1)CCCC2. The van der Waals surface area contributed by atoms with Gasteiger partial charge in [0.1, 0.15) is 11.6 Å².